The first-order valence-corrected chi connectivity index (χ1v) is 10.00. The first kappa shape index (κ1) is 20.8. The highest BCUT2D eigenvalue weighted by Gasteiger charge is 2.17. The highest BCUT2D eigenvalue weighted by atomic mass is 35.5. The molecule has 1 N–H and O–H groups in total. The Labute approximate surface area is 187 Å². The molecule has 0 saturated carbocycles. The number of para-hydroxylation sites is 1. The predicted molar refractivity (Wildman–Crippen MR) is 120 cm³/mol. The van der Waals surface area contributed by atoms with Crippen LogP contribution in [0.5, 0.6) is 0 Å². The number of benzene rings is 2. The largest absolute Gasteiger partial charge is 0.452 e. The van der Waals surface area contributed by atoms with Gasteiger partial charge in [-0.25, -0.2) is 14.8 Å². The van der Waals surface area contributed by atoms with Gasteiger partial charge < -0.3 is 10.1 Å². The quantitative estimate of drug-likeness (QED) is 0.410. The molecular weight excluding hydrogens is 437 g/mol. The van der Waals surface area contributed by atoms with E-state index < -0.39 is 18.5 Å². The topological polar surface area (TPSA) is 81.2 Å². The van der Waals surface area contributed by atoms with Crippen LogP contribution in [0.3, 0.4) is 0 Å². The number of pyridine rings is 2. The lowest BCUT2D eigenvalue weighted by atomic mass is 10.0. The number of esters is 1. The molecule has 0 aliphatic rings. The van der Waals surface area contributed by atoms with Crippen LogP contribution >= 0.6 is 23.2 Å². The van der Waals surface area contributed by atoms with Crippen molar-refractivity contribution in [2.75, 3.05) is 11.9 Å². The SMILES string of the molecule is O=C(COC(=O)c1cc(-c2ccccc2Cl)nc2ccccc12)Nc1ccc(Cl)cn1. The van der Waals surface area contributed by atoms with Crippen molar-refractivity contribution in [3.8, 4) is 11.3 Å². The minimum Gasteiger partial charge on any atom is -0.452 e. The van der Waals surface area contributed by atoms with Crippen LogP contribution in [-0.2, 0) is 9.53 Å². The summed E-state index contributed by atoms with van der Waals surface area (Å²) in [6, 6.07) is 19.2. The molecule has 4 rings (SSSR count). The molecule has 31 heavy (non-hydrogen) atoms. The maximum Gasteiger partial charge on any atom is 0.339 e. The third kappa shape index (κ3) is 4.82. The zero-order chi connectivity index (χ0) is 21.8. The van der Waals surface area contributed by atoms with E-state index >= 15 is 0 Å². The summed E-state index contributed by atoms with van der Waals surface area (Å²) in [4.78, 5) is 33.6. The van der Waals surface area contributed by atoms with E-state index in [2.05, 4.69) is 15.3 Å². The zero-order valence-electron chi connectivity index (χ0n) is 16.0. The van der Waals surface area contributed by atoms with Gasteiger partial charge >= 0.3 is 5.97 Å². The Morgan fingerprint density at radius 3 is 2.52 bits per heavy atom. The van der Waals surface area contributed by atoms with Crippen molar-refractivity contribution in [1.29, 1.82) is 0 Å². The minimum atomic E-state index is -0.647. The van der Waals surface area contributed by atoms with Gasteiger partial charge in [0, 0.05) is 22.2 Å². The third-order valence-corrected chi connectivity index (χ3v) is 4.97. The number of ether oxygens (including phenoxy) is 1. The lowest BCUT2D eigenvalue weighted by Crippen LogP contribution is -2.21. The zero-order valence-corrected chi connectivity index (χ0v) is 17.5. The smallest absolute Gasteiger partial charge is 0.339 e. The fourth-order valence-corrected chi connectivity index (χ4v) is 3.33. The molecule has 0 spiro atoms. The number of aromatic nitrogens is 2. The van der Waals surface area contributed by atoms with Crippen molar-refractivity contribution < 1.29 is 14.3 Å². The van der Waals surface area contributed by atoms with Crippen LogP contribution in [0, 0.1) is 0 Å². The first-order valence-electron chi connectivity index (χ1n) is 9.24. The number of hydrogen-bond acceptors (Lipinski definition) is 5. The number of hydrogen-bond donors (Lipinski definition) is 1. The highest BCUT2D eigenvalue weighted by molar-refractivity contribution is 6.33. The van der Waals surface area contributed by atoms with Crippen LogP contribution in [0.1, 0.15) is 10.4 Å². The number of carbonyl (C=O) groups excluding carboxylic acids is 2. The molecule has 0 radical (unpaired) electrons. The summed E-state index contributed by atoms with van der Waals surface area (Å²) in [5, 5.41) is 4.12. The molecule has 154 valence electrons. The number of amides is 1. The van der Waals surface area contributed by atoms with Gasteiger partial charge in [0.25, 0.3) is 5.91 Å². The van der Waals surface area contributed by atoms with Crippen LogP contribution in [0.2, 0.25) is 10.0 Å². The molecule has 2 aromatic carbocycles. The number of fused-ring (bicyclic) bond motifs is 1. The summed E-state index contributed by atoms with van der Waals surface area (Å²) in [7, 11) is 0. The van der Waals surface area contributed by atoms with Crippen LogP contribution in [0.25, 0.3) is 22.2 Å². The maximum absolute atomic E-state index is 12.8. The average molecular weight is 452 g/mol. The molecule has 8 heteroatoms. The standard InChI is InChI=1S/C23H15Cl2N3O3/c24-14-9-10-21(26-12-14)28-22(29)13-31-23(30)17-11-20(16-6-1-3-7-18(16)25)27-19-8-4-2-5-15(17)19/h1-12H,13H2,(H,26,28,29). The highest BCUT2D eigenvalue weighted by Crippen LogP contribution is 2.30. The van der Waals surface area contributed by atoms with Crippen LogP contribution in [0.4, 0.5) is 5.82 Å². The van der Waals surface area contributed by atoms with E-state index in [-0.39, 0.29) is 5.56 Å². The van der Waals surface area contributed by atoms with Crippen molar-refractivity contribution in [2.24, 2.45) is 0 Å². The van der Waals surface area contributed by atoms with Crippen molar-refractivity contribution >= 4 is 51.8 Å². The van der Waals surface area contributed by atoms with E-state index in [1.807, 2.05) is 24.3 Å². The van der Waals surface area contributed by atoms with E-state index in [1.54, 1.807) is 42.5 Å². The second kappa shape index (κ2) is 9.12. The summed E-state index contributed by atoms with van der Waals surface area (Å²) in [5.41, 5.74) is 2.13. The normalized spacial score (nSPS) is 10.6. The Morgan fingerprint density at radius 2 is 1.74 bits per heavy atom. The second-order valence-electron chi connectivity index (χ2n) is 6.54. The van der Waals surface area contributed by atoms with Crippen LogP contribution < -0.4 is 5.32 Å². The third-order valence-electron chi connectivity index (χ3n) is 4.42. The van der Waals surface area contributed by atoms with E-state index in [1.165, 1.54) is 6.20 Å². The Bertz CT molecular complexity index is 1280. The number of anilines is 1. The number of halogens is 2. The van der Waals surface area contributed by atoms with Gasteiger partial charge in [-0.1, -0.05) is 59.6 Å². The van der Waals surface area contributed by atoms with Gasteiger partial charge in [0.2, 0.25) is 0 Å². The van der Waals surface area contributed by atoms with Crippen molar-refractivity contribution in [3.05, 3.63) is 88.5 Å². The van der Waals surface area contributed by atoms with E-state index in [9.17, 15) is 9.59 Å². The molecule has 0 aliphatic carbocycles. The minimum absolute atomic E-state index is 0.290. The van der Waals surface area contributed by atoms with Gasteiger partial charge in [-0.2, -0.15) is 0 Å². The molecule has 1 amide bonds. The molecule has 0 aliphatic heterocycles. The molecule has 0 unspecified atom stereocenters. The number of nitrogens with zero attached hydrogens (tertiary/aromatic N) is 2. The van der Waals surface area contributed by atoms with E-state index in [0.29, 0.717) is 38.0 Å². The van der Waals surface area contributed by atoms with Crippen molar-refractivity contribution in [1.82, 2.24) is 9.97 Å². The van der Waals surface area contributed by atoms with Crippen LogP contribution in [-0.4, -0.2) is 28.5 Å². The van der Waals surface area contributed by atoms with Gasteiger partial charge in [0.05, 0.1) is 21.8 Å². The summed E-state index contributed by atoms with van der Waals surface area (Å²) < 4.78 is 5.25. The monoisotopic (exact) mass is 451 g/mol. The molecule has 6 nitrogen and oxygen atoms in total. The van der Waals surface area contributed by atoms with Gasteiger partial charge in [-0.3, -0.25) is 4.79 Å². The molecule has 0 fully saturated rings. The molecule has 2 aromatic heterocycles. The Morgan fingerprint density at radius 1 is 0.968 bits per heavy atom. The molecule has 0 atom stereocenters. The van der Waals surface area contributed by atoms with E-state index in [0.717, 1.165) is 0 Å². The number of carbonyl (C=O) groups is 2. The Kier molecular flexibility index (Phi) is 6.11. The van der Waals surface area contributed by atoms with Crippen molar-refractivity contribution in [3.63, 3.8) is 0 Å². The molecule has 4 aromatic rings. The summed E-state index contributed by atoms with van der Waals surface area (Å²) in [6.07, 6.45) is 1.41. The lowest BCUT2D eigenvalue weighted by molar-refractivity contribution is -0.119. The lowest BCUT2D eigenvalue weighted by Gasteiger charge is -2.11. The fourth-order valence-electron chi connectivity index (χ4n) is 2.99. The first-order chi connectivity index (χ1) is 15.0. The number of rotatable bonds is 5. The predicted octanol–water partition coefficient (Wildman–Crippen LogP) is 5.40. The molecular formula is C23H15Cl2N3O3. The Balaban J connectivity index is 1.57. The fraction of sp³-hybridized carbons (Fsp3) is 0.0435. The van der Waals surface area contributed by atoms with Gasteiger partial charge in [-0.15, -0.1) is 0 Å². The molecule has 0 saturated heterocycles. The second-order valence-corrected chi connectivity index (χ2v) is 7.38. The average Bonchev–Trinajstić information content (AvgIpc) is 2.78. The van der Waals surface area contributed by atoms with Gasteiger partial charge in [0.15, 0.2) is 6.61 Å². The van der Waals surface area contributed by atoms with Gasteiger partial charge in [0.1, 0.15) is 5.82 Å². The summed E-state index contributed by atoms with van der Waals surface area (Å²) >= 11 is 12.1. The molecule has 2 heterocycles. The molecule has 0 bridgehead atoms. The summed E-state index contributed by atoms with van der Waals surface area (Å²) in [5.74, 6) is -0.861. The van der Waals surface area contributed by atoms with Gasteiger partial charge in [-0.05, 0) is 30.3 Å². The van der Waals surface area contributed by atoms with Crippen LogP contribution in [0.15, 0.2) is 72.9 Å². The van der Waals surface area contributed by atoms with E-state index in [4.69, 9.17) is 27.9 Å². The summed E-state index contributed by atoms with van der Waals surface area (Å²) in [6.45, 7) is -0.471. The maximum atomic E-state index is 12.8. The Hall–Kier alpha value is -3.48. The van der Waals surface area contributed by atoms with Crippen molar-refractivity contribution in [2.45, 2.75) is 0 Å². The number of nitrogens with one attached hydrogen (secondary N) is 1.